The Balaban J connectivity index is 1.96. The minimum Gasteiger partial charge on any atom is -0.497 e. The average molecular weight is 380 g/mol. The molecular weight excluding hydrogens is 360 g/mol. The number of hydrogen-bond donors (Lipinski definition) is 1. The molecule has 0 atom stereocenters. The summed E-state index contributed by atoms with van der Waals surface area (Å²) < 4.78 is 35.1. The van der Waals surface area contributed by atoms with Gasteiger partial charge in [0.15, 0.2) is 5.03 Å². The van der Waals surface area contributed by atoms with Crippen LogP contribution in [0.4, 0.5) is 0 Å². The molecule has 0 saturated heterocycles. The van der Waals surface area contributed by atoms with Gasteiger partial charge in [-0.3, -0.25) is 0 Å². The molecule has 9 heteroatoms. The van der Waals surface area contributed by atoms with Gasteiger partial charge in [-0.25, -0.2) is 18.1 Å². The van der Waals surface area contributed by atoms with E-state index in [0.29, 0.717) is 16.4 Å². The van der Waals surface area contributed by atoms with Crippen LogP contribution in [0.2, 0.25) is 0 Å². The summed E-state index contributed by atoms with van der Waals surface area (Å²) in [5, 5.41) is 5.18. The van der Waals surface area contributed by atoms with Gasteiger partial charge in [-0.2, -0.15) is 9.61 Å². The fourth-order valence-electron chi connectivity index (χ4n) is 2.50. The number of fused-ring (bicyclic) bond motifs is 1. The van der Waals surface area contributed by atoms with Crippen molar-refractivity contribution in [1.82, 2.24) is 19.3 Å². The number of ether oxygens (including phenoxy) is 1. The number of aromatic nitrogens is 3. The minimum absolute atomic E-state index is 0.0300. The Labute approximate surface area is 150 Å². The van der Waals surface area contributed by atoms with Crippen molar-refractivity contribution in [1.29, 1.82) is 0 Å². The lowest BCUT2D eigenvalue weighted by Gasteiger charge is -2.10. The third kappa shape index (κ3) is 3.53. The van der Waals surface area contributed by atoms with Gasteiger partial charge in [-0.1, -0.05) is 37.3 Å². The molecule has 1 aromatic carbocycles. The van der Waals surface area contributed by atoms with E-state index in [9.17, 15) is 8.42 Å². The van der Waals surface area contributed by atoms with E-state index in [4.69, 9.17) is 4.74 Å². The number of rotatable bonds is 6. The van der Waals surface area contributed by atoms with Crippen molar-refractivity contribution >= 4 is 26.3 Å². The predicted octanol–water partition coefficient (Wildman–Crippen LogP) is 2.71. The van der Waals surface area contributed by atoms with Crippen molar-refractivity contribution in [3.63, 3.8) is 0 Å². The van der Waals surface area contributed by atoms with Crippen molar-refractivity contribution in [2.75, 3.05) is 7.11 Å². The fourth-order valence-corrected chi connectivity index (χ4v) is 4.71. The Bertz CT molecular complexity index is 1010. The highest BCUT2D eigenvalue weighted by atomic mass is 32.2. The Morgan fingerprint density at radius 2 is 2.12 bits per heavy atom. The second kappa shape index (κ2) is 6.74. The normalized spacial score (nSPS) is 12.2. The van der Waals surface area contributed by atoms with Crippen LogP contribution in [0.1, 0.15) is 36.0 Å². The van der Waals surface area contributed by atoms with E-state index >= 15 is 0 Å². The molecule has 0 amide bonds. The van der Waals surface area contributed by atoms with Gasteiger partial charge in [-0.15, -0.1) is 0 Å². The summed E-state index contributed by atoms with van der Waals surface area (Å²) in [6, 6.07) is 7.27. The molecule has 0 spiro atoms. The highest BCUT2D eigenvalue weighted by Gasteiger charge is 2.28. The summed E-state index contributed by atoms with van der Waals surface area (Å²) in [7, 11) is -2.19. The highest BCUT2D eigenvalue weighted by molar-refractivity contribution is 7.89. The van der Waals surface area contributed by atoms with Crippen LogP contribution in [0.3, 0.4) is 0 Å². The largest absolute Gasteiger partial charge is 0.497 e. The Morgan fingerprint density at radius 3 is 2.80 bits per heavy atom. The van der Waals surface area contributed by atoms with Crippen molar-refractivity contribution in [2.45, 2.75) is 38.3 Å². The molecule has 0 radical (unpaired) electrons. The zero-order valence-corrected chi connectivity index (χ0v) is 16.1. The third-order valence-corrected chi connectivity index (χ3v) is 5.93. The molecule has 0 aliphatic rings. The number of nitrogens with zero attached hydrogens (tertiary/aromatic N) is 3. The second-order valence-corrected chi connectivity index (χ2v) is 8.79. The molecular formula is C16H20N4O3S2. The first-order chi connectivity index (χ1) is 11.8. The van der Waals surface area contributed by atoms with Crippen LogP contribution in [0.15, 0.2) is 29.3 Å². The van der Waals surface area contributed by atoms with Crippen LogP contribution in [-0.2, 0) is 16.6 Å². The van der Waals surface area contributed by atoms with Crippen molar-refractivity contribution in [2.24, 2.45) is 0 Å². The lowest BCUT2D eigenvalue weighted by atomic mass is 10.2. The molecule has 0 aliphatic carbocycles. The molecule has 25 heavy (non-hydrogen) atoms. The SMILES string of the molecule is COc1cccc(CNS(=O)(=O)c2c(C(C)C)nc3sc(C)nn23)c1. The predicted molar refractivity (Wildman–Crippen MR) is 96.7 cm³/mol. The van der Waals surface area contributed by atoms with E-state index in [0.717, 1.165) is 10.6 Å². The quantitative estimate of drug-likeness (QED) is 0.711. The van der Waals surface area contributed by atoms with Crippen molar-refractivity contribution in [3.05, 3.63) is 40.5 Å². The molecule has 3 rings (SSSR count). The zero-order valence-electron chi connectivity index (χ0n) is 14.5. The number of nitrogens with one attached hydrogen (secondary N) is 1. The molecule has 0 unspecified atom stereocenters. The maximum Gasteiger partial charge on any atom is 0.260 e. The number of aryl methyl sites for hydroxylation is 1. The molecule has 1 N–H and O–H groups in total. The first-order valence-corrected chi connectivity index (χ1v) is 10.1. The first-order valence-electron chi connectivity index (χ1n) is 7.80. The Hall–Kier alpha value is -1.97. The Kier molecular flexibility index (Phi) is 4.81. The van der Waals surface area contributed by atoms with Crippen molar-refractivity contribution in [3.8, 4) is 5.75 Å². The third-order valence-electron chi connectivity index (χ3n) is 3.69. The molecule has 2 heterocycles. The Morgan fingerprint density at radius 1 is 1.36 bits per heavy atom. The fraction of sp³-hybridized carbons (Fsp3) is 0.375. The summed E-state index contributed by atoms with van der Waals surface area (Å²) in [6.45, 7) is 5.82. The van der Waals surface area contributed by atoms with Crippen molar-refractivity contribution < 1.29 is 13.2 Å². The van der Waals surface area contributed by atoms with E-state index in [1.165, 1.54) is 15.9 Å². The van der Waals surface area contributed by atoms with Gasteiger partial charge in [-0.05, 0) is 30.5 Å². The first kappa shape index (κ1) is 17.8. The molecule has 0 aliphatic heterocycles. The minimum atomic E-state index is -3.77. The number of imidazole rings is 1. The molecule has 0 saturated carbocycles. The molecule has 2 aromatic heterocycles. The van der Waals surface area contributed by atoms with E-state index in [1.807, 2.05) is 39.0 Å². The van der Waals surface area contributed by atoms with Gasteiger partial charge in [0.05, 0.1) is 12.8 Å². The number of hydrogen-bond acceptors (Lipinski definition) is 6. The van der Waals surface area contributed by atoms with E-state index < -0.39 is 10.0 Å². The maximum absolute atomic E-state index is 12.9. The van der Waals surface area contributed by atoms with E-state index in [1.54, 1.807) is 13.2 Å². The summed E-state index contributed by atoms with van der Waals surface area (Å²) in [6.07, 6.45) is 0. The maximum atomic E-state index is 12.9. The molecule has 3 aromatic rings. The van der Waals surface area contributed by atoms with Crippen LogP contribution < -0.4 is 9.46 Å². The topological polar surface area (TPSA) is 85.6 Å². The summed E-state index contributed by atoms with van der Waals surface area (Å²) in [4.78, 5) is 5.05. The summed E-state index contributed by atoms with van der Waals surface area (Å²) in [5.41, 5.74) is 1.33. The van der Waals surface area contributed by atoms with Crippen LogP contribution in [0.5, 0.6) is 5.75 Å². The zero-order chi connectivity index (χ0) is 18.2. The van der Waals surface area contributed by atoms with Gasteiger partial charge < -0.3 is 4.74 Å². The lowest BCUT2D eigenvalue weighted by molar-refractivity contribution is 0.414. The summed E-state index contributed by atoms with van der Waals surface area (Å²) >= 11 is 1.37. The van der Waals surface area contributed by atoms with Gasteiger partial charge >= 0.3 is 0 Å². The molecule has 134 valence electrons. The lowest BCUT2D eigenvalue weighted by Crippen LogP contribution is -2.26. The monoisotopic (exact) mass is 380 g/mol. The summed E-state index contributed by atoms with van der Waals surface area (Å²) in [5.74, 6) is 0.652. The molecule has 0 fully saturated rings. The number of methoxy groups -OCH3 is 1. The van der Waals surface area contributed by atoms with Crippen LogP contribution in [-0.4, -0.2) is 30.1 Å². The highest BCUT2D eigenvalue weighted by Crippen LogP contribution is 2.27. The van der Waals surface area contributed by atoms with Crippen LogP contribution >= 0.6 is 11.3 Å². The van der Waals surface area contributed by atoms with Gasteiger partial charge in [0.25, 0.3) is 10.0 Å². The number of benzene rings is 1. The van der Waals surface area contributed by atoms with Crippen LogP contribution in [0, 0.1) is 6.92 Å². The molecule has 7 nitrogen and oxygen atoms in total. The standard InChI is InChI=1S/C16H20N4O3S2/c1-10(2)14-15(20-16(18-14)24-11(3)19-20)25(21,22)17-9-12-6-5-7-13(8-12)23-4/h5-8,10,17H,9H2,1-4H3. The second-order valence-electron chi connectivity index (χ2n) is 5.95. The van der Waals surface area contributed by atoms with Gasteiger partial charge in [0, 0.05) is 6.54 Å². The van der Waals surface area contributed by atoms with Gasteiger partial charge in [0.1, 0.15) is 10.8 Å². The van der Waals surface area contributed by atoms with E-state index in [-0.39, 0.29) is 17.5 Å². The average Bonchev–Trinajstić information content (AvgIpc) is 3.09. The smallest absolute Gasteiger partial charge is 0.260 e. The van der Waals surface area contributed by atoms with E-state index in [2.05, 4.69) is 14.8 Å². The number of sulfonamides is 1. The molecule has 0 bridgehead atoms. The van der Waals surface area contributed by atoms with Gasteiger partial charge in [0.2, 0.25) is 4.96 Å². The van der Waals surface area contributed by atoms with Crippen LogP contribution in [0.25, 0.3) is 4.96 Å².